The van der Waals surface area contributed by atoms with Crippen LogP contribution < -0.4 is 15.4 Å². The van der Waals surface area contributed by atoms with E-state index in [2.05, 4.69) is 28.7 Å². The molecule has 0 spiro atoms. The molecule has 31 heavy (non-hydrogen) atoms. The fourth-order valence-electron chi connectivity index (χ4n) is 3.96. The molecule has 0 radical (unpaired) electrons. The lowest BCUT2D eigenvalue weighted by Gasteiger charge is -2.34. The zero-order valence-electron chi connectivity index (χ0n) is 18.1. The van der Waals surface area contributed by atoms with Gasteiger partial charge in [-0.1, -0.05) is 42.3 Å². The number of alkyl halides is 3. The Morgan fingerprint density at radius 2 is 1.84 bits per heavy atom. The Labute approximate surface area is 182 Å². The number of rotatable bonds is 6. The lowest BCUT2D eigenvalue weighted by molar-refractivity contribution is -0.0698. The summed E-state index contributed by atoms with van der Waals surface area (Å²) in [5, 5.41) is 7.24. The number of halogens is 3. The number of nitrogens with one attached hydrogen (secondary N) is 2. The van der Waals surface area contributed by atoms with Crippen molar-refractivity contribution in [1.82, 2.24) is 10.6 Å². The van der Waals surface area contributed by atoms with Crippen molar-refractivity contribution < 1.29 is 17.9 Å². The van der Waals surface area contributed by atoms with Crippen LogP contribution in [0.15, 0.2) is 48.5 Å². The molecule has 1 saturated heterocycles. The van der Waals surface area contributed by atoms with Crippen LogP contribution in [0.5, 0.6) is 5.75 Å². The maximum Gasteiger partial charge on any atom is 0.457 e. The minimum absolute atomic E-state index is 0.207. The summed E-state index contributed by atoms with van der Waals surface area (Å²) in [7, 11) is 1.60. The van der Waals surface area contributed by atoms with E-state index >= 15 is 0 Å². The summed E-state index contributed by atoms with van der Waals surface area (Å²) >= 11 is 0. The second-order valence-corrected chi connectivity index (χ2v) is 8.37. The average Bonchev–Trinajstić information content (AvgIpc) is 2.76. The Balaban J connectivity index is 1.80. The van der Waals surface area contributed by atoms with Crippen molar-refractivity contribution in [2.45, 2.75) is 56.9 Å². The molecular formula is C25H29F3N2O. The summed E-state index contributed by atoms with van der Waals surface area (Å²) in [6, 6.07) is 16.3. The van der Waals surface area contributed by atoms with Gasteiger partial charge < -0.3 is 15.4 Å². The zero-order chi connectivity index (χ0) is 22.5. The van der Waals surface area contributed by atoms with Gasteiger partial charge in [-0.3, -0.25) is 0 Å². The van der Waals surface area contributed by atoms with Crippen LogP contribution in [0.2, 0.25) is 0 Å². The monoisotopic (exact) mass is 430 g/mol. The van der Waals surface area contributed by atoms with Crippen LogP contribution in [-0.2, 0) is 12.0 Å². The Morgan fingerprint density at radius 3 is 2.52 bits per heavy atom. The van der Waals surface area contributed by atoms with E-state index in [1.54, 1.807) is 33.1 Å². The first-order valence-electron chi connectivity index (χ1n) is 10.5. The maximum atomic E-state index is 12.6. The molecule has 2 atom stereocenters. The molecule has 1 aliphatic heterocycles. The van der Waals surface area contributed by atoms with Crippen LogP contribution in [0.1, 0.15) is 49.4 Å². The second-order valence-electron chi connectivity index (χ2n) is 8.37. The van der Waals surface area contributed by atoms with Crippen molar-refractivity contribution in [1.29, 1.82) is 0 Å². The summed E-state index contributed by atoms with van der Waals surface area (Å²) in [5.74, 6) is 4.48. The number of piperidine rings is 1. The molecule has 1 aliphatic rings. The smallest absolute Gasteiger partial charge is 0.457 e. The average molecular weight is 431 g/mol. The largest absolute Gasteiger partial charge is 0.496 e. The standard InChI is InChI=1S/C25H29F3N2O/c1-24(2,13-14-25(26,27)28)20-11-12-22(31-3)19(16-20)17-30-21-10-7-15-29-23(21)18-8-5-4-6-9-18/h4-6,8-9,11-12,16,21,23,29-30H,7,10,15,17H2,1-3H3/t21-,23-/m0/s1. The van der Waals surface area contributed by atoms with E-state index in [1.807, 2.05) is 24.3 Å². The van der Waals surface area contributed by atoms with Gasteiger partial charge in [-0.05, 0) is 56.5 Å². The quantitative estimate of drug-likeness (QED) is 0.624. The highest BCUT2D eigenvalue weighted by atomic mass is 19.4. The number of benzene rings is 2. The molecule has 0 saturated carbocycles. The minimum Gasteiger partial charge on any atom is -0.496 e. The molecule has 2 N–H and O–H groups in total. The summed E-state index contributed by atoms with van der Waals surface area (Å²) in [6.07, 6.45) is -2.39. The molecule has 3 nitrogen and oxygen atoms in total. The van der Waals surface area contributed by atoms with E-state index < -0.39 is 11.6 Å². The molecule has 1 heterocycles. The van der Waals surface area contributed by atoms with Gasteiger partial charge in [0.15, 0.2) is 0 Å². The lowest BCUT2D eigenvalue weighted by atomic mass is 9.84. The Hall–Kier alpha value is -2.49. The Bertz CT molecular complexity index is 929. The maximum absolute atomic E-state index is 12.6. The van der Waals surface area contributed by atoms with Crippen LogP contribution in [0.3, 0.4) is 0 Å². The van der Waals surface area contributed by atoms with Crippen molar-refractivity contribution in [3.05, 3.63) is 65.2 Å². The second kappa shape index (κ2) is 9.76. The van der Waals surface area contributed by atoms with Gasteiger partial charge in [0.25, 0.3) is 0 Å². The number of hydrogen-bond acceptors (Lipinski definition) is 3. The van der Waals surface area contributed by atoms with Gasteiger partial charge in [-0.2, -0.15) is 13.2 Å². The van der Waals surface area contributed by atoms with Gasteiger partial charge in [0.2, 0.25) is 0 Å². The van der Waals surface area contributed by atoms with Crippen LogP contribution in [0.25, 0.3) is 0 Å². The topological polar surface area (TPSA) is 33.3 Å². The number of ether oxygens (including phenoxy) is 1. The molecule has 6 heteroatoms. The molecule has 3 rings (SSSR count). The first-order chi connectivity index (χ1) is 14.7. The van der Waals surface area contributed by atoms with Gasteiger partial charge >= 0.3 is 6.18 Å². The van der Waals surface area contributed by atoms with Crippen LogP contribution in [-0.4, -0.2) is 25.9 Å². The SMILES string of the molecule is COc1ccc(C(C)(C)C#CC(F)(F)F)cc1CN[C@H]1CCCN[C@H]1c1ccccc1. The van der Waals surface area contributed by atoms with Crippen LogP contribution in [0, 0.1) is 11.8 Å². The number of hydrogen-bond donors (Lipinski definition) is 2. The number of methoxy groups -OCH3 is 1. The molecule has 0 amide bonds. The summed E-state index contributed by atoms with van der Waals surface area (Å²) in [5.41, 5.74) is 1.93. The van der Waals surface area contributed by atoms with E-state index in [4.69, 9.17) is 4.74 Å². The lowest BCUT2D eigenvalue weighted by Crippen LogP contribution is -2.45. The Kier molecular flexibility index (Phi) is 7.30. The van der Waals surface area contributed by atoms with Crippen LogP contribution >= 0.6 is 0 Å². The van der Waals surface area contributed by atoms with E-state index in [-0.39, 0.29) is 12.1 Å². The summed E-state index contributed by atoms with van der Waals surface area (Å²) < 4.78 is 43.3. The van der Waals surface area contributed by atoms with E-state index in [0.717, 1.165) is 30.5 Å². The van der Waals surface area contributed by atoms with Crippen molar-refractivity contribution in [2.75, 3.05) is 13.7 Å². The van der Waals surface area contributed by atoms with Crippen molar-refractivity contribution in [3.63, 3.8) is 0 Å². The molecule has 2 aromatic rings. The van der Waals surface area contributed by atoms with Crippen molar-refractivity contribution in [2.24, 2.45) is 0 Å². The molecule has 1 fully saturated rings. The summed E-state index contributed by atoms with van der Waals surface area (Å²) in [6.45, 7) is 4.92. The third-order valence-corrected chi connectivity index (χ3v) is 5.69. The van der Waals surface area contributed by atoms with Gasteiger partial charge in [-0.25, -0.2) is 0 Å². The fraction of sp³-hybridized carbons (Fsp3) is 0.440. The molecule has 2 aromatic carbocycles. The van der Waals surface area contributed by atoms with Gasteiger partial charge in [-0.15, -0.1) is 0 Å². The van der Waals surface area contributed by atoms with Gasteiger partial charge in [0.05, 0.1) is 12.5 Å². The molecule has 0 aromatic heterocycles. The highest BCUT2D eigenvalue weighted by Crippen LogP contribution is 2.30. The normalized spacial score (nSPS) is 19.4. The first kappa shape index (κ1) is 23.2. The van der Waals surface area contributed by atoms with Crippen LogP contribution in [0.4, 0.5) is 13.2 Å². The predicted molar refractivity (Wildman–Crippen MR) is 117 cm³/mol. The molecular weight excluding hydrogens is 401 g/mol. The van der Waals surface area contributed by atoms with E-state index in [0.29, 0.717) is 12.3 Å². The molecule has 0 unspecified atom stereocenters. The van der Waals surface area contributed by atoms with Crippen molar-refractivity contribution >= 4 is 0 Å². The van der Waals surface area contributed by atoms with Gasteiger partial charge in [0.1, 0.15) is 5.75 Å². The van der Waals surface area contributed by atoms with Crippen molar-refractivity contribution in [3.8, 4) is 17.6 Å². The predicted octanol–water partition coefficient (Wildman–Crippen LogP) is 5.12. The summed E-state index contributed by atoms with van der Waals surface area (Å²) in [4.78, 5) is 0. The minimum atomic E-state index is -4.51. The third kappa shape index (κ3) is 6.25. The van der Waals surface area contributed by atoms with E-state index in [9.17, 15) is 13.2 Å². The zero-order valence-corrected chi connectivity index (χ0v) is 18.1. The first-order valence-corrected chi connectivity index (χ1v) is 10.5. The molecule has 0 bridgehead atoms. The third-order valence-electron chi connectivity index (χ3n) is 5.69. The molecule has 0 aliphatic carbocycles. The van der Waals surface area contributed by atoms with Gasteiger partial charge in [0, 0.05) is 30.1 Å². The highest BCUT2D eigenvalue weighted by molar-refractivity contribution is 5.43. The fourth-order valence-corrected chi connectivity index (χ4v) is 3.96. The Morgan fingerprint density at radius 1 is 1.10 bits per heavy atom. The molecule has 166 valence electrons. The highest BCUT2D eigenvalue weighted by Gasteiger charge is 2.28. The van der Waals surface area contributed by atoms with E-state index in [1.165, 1.54) is 11.5 Å².